The minimum atomic E-state index is -0.468. The number of hydrogen-bond acceptors (Lipinski definition) is 3. The van der Waals surface area contributed by atoms with Gasteiger partial charge in [-0.3, -0.25) is 9.59 Å². The van der Waals surface area contributed by atoms with Gasteiger partial charge < -0.3 is 5.73 Å². The lowest BCUT2D eigenvalue weighted by Crippen LogP contribution is -2.35. The second-order valence-electron chi connectivity index (χ2n) is 4.50. The summed E-state index contributed by atoms with van der Waals surface area (Å²) in [6.07, 6.45) is 2.00. The van der Waals surface area contributed by atoms with Crippen molar-refractivity contribution in [1.82, 2.24) is 0 Å². The Balaban J connectivity index is 2.49. The second-order valence-corrected chi connectivity index (χ2v) is 4.50. The molecule has 0 spiro atoms. The first kappa shape index (κ1) is 14.2. The molecule has 1 aromatic carbocycles. The van der Waals surface area contributed by atoms with Gasteiger partial charge in [0.1, 0.15) is 5.82 Å². The molecule has 104 valence electrons. The zero-order valence-electron chi connectivity index (χ0n) is 11.0. The van der Waals surface area contributed by atoms with E-state index in [0.29, 0.717) is 36.9 Å². The van der Waals surface area contributed by atoms with Crippen LogP contribution in [0.25, 0.3) is 0 Å². The minimum absolute atomic E-state index is 0.123. The van der Waals surface area contributed by atoms with Crippen LogP contribution in [0, 0.1) is 17.7 Å². The highest BCUT2D eigenvalue weighted by atomic mass is 19.1. The number of carbonyl (C=O) groups is 2. The third-order valence-electron chi connectivity index (χ3n) is 3.05. The number of hydrogen-bond donors (Lipinski definition) is 1. The molecular formula is C15H15FN2O2. The van der Waals surface area contributed by atoms with Crippen LogP contribution in [0.3, 0.4) is 0 Å². The van der Waals surface area contributed by atoms with Crippen molar-refractivity contribution >= 4 is 17.5 Å². The van der Waals surface area contributed by atoms with Crippen molar-refractivity contribution in [3.63, 3.8) is 0 Å². The van der Waals surface area contributed by atoms with Crippen molar-refractivity contribution in [2.45, 2.75) is 25.7 Å². The van der Waals surface area contributed by atoms with Crippen molar-refractivity contribution < 1.29 is 14.0 Å². The molecule has 5 heteroatoms. The van der Waals surface area contributed by atoms with E-state index in [2.05, 4.69) is 11.8 Å². The Hall–Kier alpha value is -2.19. The van der Waals surface area contributed by atoms with Crippen LogP contribution >= 0.6 is 0 Å². The summed E-state index contributed by atoms with van der Waals surface area (Å²) in [5.74, 6) is 4.32. The Morgan fingerprint density at radius 2 is 1.85 bits per heavy atom. The largest absolute Gasteiger partial charge is 0.320 e. The molecule has 1 aromatic rings. The van der Waals surface area contributed by atoms with Crippen LogP contribution in [0.4, 0.5) is 10.1 Å². The monoisotopic (exact) mass is 274 g/mol. The van der Waals surface area contributed by atoms with Crippen LogP contribution in [0.15, 0.2) is 18.2 Å². The Bertz CT molecular complexity index is 584. The second kappa shape index (κ2) is 6.31. The molecule has 0 radical (unpaired) electrons. The van der Waals surface area contributed by atoms with Crippen LogP contribution in [0.5, 0.6) is 0 Å². The van der Waals surface area contributed by atoms with E-state index in [1.807, 2.05) is 0 Å². The molecule has 1 aliphatic rings. The van der Waals surface area contributed by atoms with Gasteiger partial charge in [0.05, 0.1) is 17.8 Å². The number of halogens is 1. The molecule has 2 amide bonds. The van der Waals surface area contributed by atoms with E-state index in [0.717, 1.165) is 4.90 Å². The highest BCUT2D eigenvalue weighted by molar-refractivity contribution is 6.16. The van der Waals surface area contributed by atoms with Gasteiger partial charge in [-0.1, -0.05) is 11.8 Å². The van der Waals surface area contributed by atoms with Crippen LogP contribution in [-0.4, -0.2) is 18.4 Å². The van der Waals surface area contributed by atoms with Crippen LogP contribution in [0.2, 0.25) is 0 Å². The maximum atomic E-state index is 13.3. The minimum Gasteiger partial charge on any atom is -0.320 e. The topological polar surface area (TPSA) is 63.4 Å². The lowest BCUT2D eigenvalue weighted by atomic mass is 10.1. The van der Waals surface area contributed by atoms with Gasteiger partial charge in [0.2, 0.25) is 11.8 Å². The Labute approximate surface area is 116 Å². The molecule has 20 heavy (non-hydrogen) atoms. The molecule has 0 unspecified atom stereocenters. The summed E-state index contributed by atoms with van der Waals surface area (Å²) in [7, 11) is 0. The van der Waals surface area contributed by atoms with Gasteiger partial charge in [-0.25, -0.2) is 9.29 Å². The lowest BCUT2D eigenvalue weighted by Gasteiger charge is -2.20. The van der Waals surface area contributed by atoms with Crippen molar-refractivity contribution in [3.8, 4) is 11.8 Å². The summed E-state index contributed by atoms with van der Waals surface area (Å²) < 4.78 is 13.3. The maximum absolute atomic E-state index is 13.3. The summed E-state index contributed by atoms with van der Waals surface area (Å²) >= 11 is 0. The number of benzene rings is 1. The molecule has 2 rings (SSSR count). The van der Waals surface area contributed by atoms with Gasteiger partial charge in [0.15, 0.2) is 0 Å². The highest BCUT2D eigenvalue weighted by Crippen LogP contribution is 2.25. The van der Waals surface area contributed by atoms with Crippen molar-refractivity contribution in [3.05, 3.63) is 29.6 Å². The number of nitrogens with zero attached hydrogens (tertiary/aromatic N) is 1. The van der Waals surface area contributed by atoms with E-state index in [1.54, 1.807) is 0 Å². The molecule has 0 aliphatic carbocycles. The number of anilines is 1. The van der Waals surface area contributed by atoms with Crippen molar-refractivity contribution in [1.29, 1.82) is 0 Å². The van der Waals surface area contributed by atoms with Gasteiger partial charge in [-0.05, 0) is 31.0 Å². The standard InChI is InChI=1S/C15H15FN2O2/c16-12-7-8-13(11(10-12)4-3-9-17)18-14(19)5-1-2-6-15(18)20/h7-8,10H,1-2,5-6,9,17H2. The number of carbonyl (C=O) groups excluding carboxylic acids is 2. The van der Waals surface area contributed by atoms with E-state index in [1.165, 1.54) is 18.2 Å². The smallest absolute Gasteiger partial charge is 0.233 e. The van der Waals surface area contributed by atoms with Crippen molar-refractivity contribution in [2.75, 3.05) is 11.4 Å². The average molecular weight is 274 g/mol. The number of imide groups is 1. The first-order chi connectivity index (χ1) is 9.63. The highest BCUT2D eigenvalue weighted by Gasteiger charge is 2.27. The number of nitrogens with two attached hydrogens (primary N) is 1. The van der Waals surface area contributed by atoms with E-state index in [-0.39, 0.29) is 18.4 Å². The fraction of sp³-hybridized carbons (Fsp3) is 0.333. The van der Waals surface area contributed by atoms with Crippen LogP contribution in [0.1, 0.15) is 31.2 Å². The van der Waals surface area contributed by atoms with Crippen molar-refractivity contribution in [2.24, 2.45) is 5.73 Å². The zero-order chi connectivity index (χ0) is 14.5. The summed E-state index contributed by atoms with van der Waals surface area (Å²) in [6, 6.07) is 3.84. The number of rotatable bonds is 1. The molecule has 0 saturated carbocycles. The average Bonchev–Trinajstić information content (AvgIpc) is 2.59. The molecule has 1 saturated heterocycles. The summed E-state index contributed by atoms with van der Waals surface area (Å²) in [4.78, 5) is 25.3. The normalized spacial score (nSPS) is 15.6. The van der Waals surface area contributed by atoms with Gasteiger partial charge >= 0.3 is 0 Å². The Morgan fingerprint density at radius 1 is 1.20 bits per heavy atom. The Morgan fingerprint density at radius 3 is 2.45 bits per heavy atom. The van der Waals surface area contributed by atoms with Gasteiger partial charge in [0, 0.05) is 12.8 Å². The molecular weight excluding hydrogens is 259 g/mol. The quantitative estimate of drug-likeness (QED) is 0.624. The predicted octanol–water partition coefficient (Wildman–Crippen LogP) is 1.57. The molecule has 2 N–H and O–H groups in total. The Kier molecular flexibility index (Phi) is 4.49. The molecule has 0 atom stereocenters. The van der Waals surface area contributed by atoms with E-state index >= 15 is 0 Å². The zero-order valence-corrected chi connectivity index (χ0v) is 11.0. The van der Waals surface area contributed by atoms with Crippen LogP contribution < -0.4 is 10.6 Å². The summed E-state index contributed by atoms with van der Waals surface area (Å²) in [6.45, 7) is 0.123. The number of amides is 2. The first-order valence-corrected chi connectivity index (χ1v) is 6.47. The SMILES string of the molecule is NCC#Cc1cc(F)ccc1N1C(=O)CCCCC1=O. The van der Waals surface area contributed by atoms with E-state index < -0.39 is 5.82 Å². The first-order valence-electron chi connectivity index (χ1n) is 6.47. The van der Waals surface area contributed by atoms with Crippen LogP contribution in [-0.2, 0) is 9.59 Å². The lowest BCUT2D eigenvalue weighted by molar-refractivity contribution is -0.125. The fourth-order valence-electron chi connectivity index (χ4n) is 2.13. The molecule has 1 aliphatic heterocycles. The molecule has 1 fully saturated rings. The third kappa shape index (κ3) is 3.03. The molecule has 4 nitrogen and oxygen atoms in total. The summed E-state index contributed by atoms with van der Waals surface area (Å²) in [5.41, 5.74) is 5.95. The maximum Gasteiger partial charge on any atom is 0.233 e. The summed E-state index contributed by atoms with van der Waals surface area (Å²) in [5, 5.41) is 0. The predicted molar refractivity (Wildman–Crippen MR) is 73.3 cm³/mol. The van der Waals surface area contributed by atoms with Gasteiger partial charge in [-0.2, -0.15) is 0 Å². The third-order valence-corrected chi connectivity index (χ3v) is 3.05. The molecule has 0 aromatic heterocycles. The van der Waals surface area contributed by atoms with E-state index in [9.17, 15) is 14.0 Å². The van der Waals surface area contributed by atoms with Gasteiger partial charge in [-0.15, -0.1) is 0 Å². The molecule has 1 heterocycles. The fourth-order valence-corrected chi connectivity index (χ4v) is 2.13. The van der Waals surface area contributed by atoms with E-state index in [4.69, 9.17) is 5.73 Å². The molecule has 0 bridgehead atoms. The van der Waals surface area contributed by atoms with Gasteiger partial charge in [0.25, 0.3) is 0 Å².